The van der Waals surface area contributed by atoms with E-state index >= 15 is 0 Å². The van der Waals surface area contributed by atoms with Crippen molar-refractivity contribution in [2.75, 3.05) is 19.6 Å². The molecule has 0 aromatic heterocycles. The van der Waals surface area contributed by atoms with Gasteiger partial charge in [-0.2, -0.15) is 0 Å². The molecule has 0 saturated carbocycles. The molecule has 0 amide bonds. The van der Waals surface area contributed by atoms with Gasteiger partial charge >= 0.3 is 0 Å². The molecule has 0 aliphatic carbocycles. The molecular weight excluding hydrogens is 148 g/mol. The van der Waals surface area contributed by atoms with Gasteiger partial charge in [0.25, 0.3) is 0 Å². The van der Waals surface area contributed by atoms with Gasteiger partial charge in [-0.25, -0.2) is 0 Å². The van der Waals surface area contributed by atoms with Gasteiger partial charge in [-0.15, -0.1) is 0 Å². The predicted octanol–water partition coefficient (Wildman–Crippen LogP) is 1.71. The number of hydrogen-bond acceptors (Lipinski definition) is 2. The third-order valence-corrected chi connectivity index (χ3v) is 2.98. The number of aliphatic imine (C=N–C) groups is 1. The molecule has 2 heteroatoms. The Balaban J connectivity index is 1.85. The Labute approximate surface area is 74.7 Å². The number of piperidine rings is 1. The van der Waals surface area contributed by atoms with E-state index in [2.05, 4.69) is 16.1 Å². The summed E-state index contributed by atoms with van der Waals surface area (Å²) in [5.41, 5.74) is 0. The summed E-state index contributed by atoms with van der Waals surface area (Å²) in [6.07, 6.45) is 8.86. The smallest absolute Gasteiger partial charge is 0.0541 e. The molecule has 2 aliphatic rings. The molecule has 1 atom stereocenters. The number of nitrogens with zero attached hydrogens (tertiary/aromatic N) is 2. The van der Waals surface area contributed by atoms with E-state index in [1.807, 2.05) is 0 Å². The van der Waals surface area contributed by atoms with Gasteiger partial charge in [0.1, 0.15) is 0 Å². The van der Waals surface area contributed by atoms with E-state index in [4.69, 9.17) is 0 Å². The highest BCUT2D eigenvalue weighted by Gasteiger charge is 2.20. The maximum absolute atomic E-state index is 4.37. The summed E-state index contributed by atoms with van der Waals surface area (Å²) >= 11 is 0. The minimum atomic E-state index is 0.773. The molecule has 2 nitrogen and oxygen atoms in total. The quantitative estimate of drug-likeness (QED) is 0.579. The Morgan fingerprint density at radius 2 is 2.00 bits per heavy atom. The van der Waals surface area contributed by atoms with Crippen molar-refractivity contribution in [3.8, 4) is 0 Å². The summed E-state index contributed by atoms with van der Waals surface area (Å²) < 4.78 is 0. The van der Waals surface area contributed by atoms with Gasteiger partial charge < -0.3 is 0 Å². The summed E-state index contributed by atoms with van der Waals surface area (Å²) in [6.45, 7) is 3.69. The average molecular weight is 166 g/mol. The summed E-state index contributed by atoms with van der Waals surface area (Å²) in [6, 6.07) is 0.773. The fraction of sp³-hybridized carbons (Fsp3) is 0.900. The summed E-state index contributed by atoms with van der Waals surface area (Å²) in [7, 11) is 0. The average Bonchev–Trinajstić information content (AvgIpc) is 2.21. The normalized spacial score (nSPS) is 32.2. The fourth-order valence-corrected chi connectivity index (χ4v) is 2.23. The van der Waals surface area contributed by atoms with Crippen molar-refractivity contribution in [2.24, 2.45) is 4.99 Å². The van der Waals surface area contributed by atoms with Crippen LogP contribution in [0, 0.1) is 0 Å². The van der Waals surface area contributed by atoms with Crippen molar-refractivity contribution in [1.82, 2.24) is 4.90 Å². The van der Waals surface area contributed by atoms with Crippen LogP contribution in [-0.4, -0.2) is 36.8 Å². The van der Waals surface area contributed by atoms with Gasteiger partial charge in [-0.3, -0.25) is 9.89 Å². The first-order valence-electron chi connectivity index (χ1n) is 5.19. The van der Waals surface area contributed by atoms with E-state index in [0.717, 1.165) is 12.6 Å². The van der Waals surface area contributed by atoms with E-state index in [1.54, 1.807) is 0 Å². The number of rotatable bonds is 1. The van der Waals surface area contributed by atoms with Crippen molar-refractivity contribution in [3.63, 3.8) is 0 Å². The molecule has 0 aromatic rings. The molecule has 1 fully saturated rings. The van der Waals surface area contributed by atoms with Gasteiger partial charge in [0, 0.05) is 6.04 Å². The van der Waals surface area contributed by atoms with Crippen LogP contribution in [0.15, 0.2) is 4.99 Å². The second-order valence-corrected chi connectivity index (χ2v) is 3.88. The lowest BCUT2D eigenvalue weighted by Gasteiger charge is -2.34. The Kier molecular flexibility index (Phi) is 2.77. The first-order valence-corrected chi connectivity index (χ1v) is 5.19. The van der Waals surface area contributed by atoms with Crippen molar-refractivity contribution >= 4 is 6.21 Å². The van der Waals surface area contributed by atoms with Crippen molar-refractivity contribution < 1.29 is 0 Å². The monoisotopic (exact) mass is 166 g/mol. The minimum absolute atomic E-state index is 0.773. The predicted molar refractivity (Wildman–Crippen MR) is 51.8 cm³/mol. The maximum atomic E-state index is 4.37. The van der Waals surface area contributed by atoms with Crippen LogP contribution in [0.4, 0.5) is 0 Å². The van der Waals surface area contributed by atoms with Crippen LogP contribution < -0.4 is 0 Å². The van der Waals surface area contributed by atoms with Gasteiger partial charge in [-0.05, 0) is 45.0 Å². The summed E-state index contributed by atoms with van der Waals surface area (Å²) in [4.78, 5) is 7.01. The Morgan fingerprint density at radius 3 is 2.67 bits per heavy atom. The molecule has 0 spiro atoms. The third kappa shape index (κ3) is 1.86. The number of likely N-dealkylation sites (tertiary alicyclic amines) is 1. The molecule has 0 N–H and O–H groups in total. The zero-order valence-corrected chi connectivity index (χ0v) is 7.71. The van der Waals surface area contributed by atoms with Gasteiger partial charge in [-0.1, -0.05) is 6.42 Å². The summed E-state index contributed by atoms with van der Waals surface area (Å²) in [5.74, 6) is 0. The SMILES string of the molecule is C1=NCC(N2CCCCC2)CC1. The van der Waals surface area contributed by atoms with Crippen LogP contribution in [-0.2, 0) is 0 Å². The lowest BCUT2D eigenvalue weighted by Crippen LogP contribution is -2.42. The third-order valence-electron chi connectivity index (χ3n) is 2.98. The minimum Gasteiger partial charge on any atom is -0.299 e. The highest BCUT2D eigenvalue weighted by Crippen LogP contribution is 2.16. The van der Waals surface area contributed by atoms with Crippen LogP contribution >= 0.6 is 0 Å². The molecule has 0 bridgehead atoms. The highest BCUT2D eigenvalue weighted by molar-refractivity contribution is 5.58. The van der Waals surface area contributed by atoms with E-state index < -0.39 is 0 Å². The van der Waals surface area contributed by atoms with Crippen molar-refractivity contribution in [3.05, 3.63) is 0 Å². The van der Waals surface area contributed by atoms with E-state index in [0.29, 0.717) is 0 Å². The van der Waals surface area contributed by atoms with Crippen molar-refractivity contribution in [1.29, 1.82) is 0 Å². The first kappa shape index (κ1) is 8.24. The highest BCUT2D eigenvalue weighted by atomic mass is 15.2. The standard InChI is InChI=1S/C10H18N2/c1-2-7-12(8-3-1)10-5-4-6-11-9-10/h6,10H,1-5,7-9H2. The van der Waals surface area contributed by atoms with Gasteiger partial charge in [0.2, 0.25) is 0 Å². The zero-order chi connectivity index (χ0) is 8.23. The van der Waals surface area contributed by atoms with Crippen LogP contribution in [0.3, 0.4) is 0 Å². The largest absolute Gasteiger partial charge is 0.299 e. The molecule has 1 saturated heterocycles. The van der Waals surface area contributed by atoms with E-state index in [-0.39, 0.29) is 0 Å². The number of hydrogen-bond donors (Lipinski definition) is 0. The maximum Gasteiger partial charge on any atom is 0.0541 e. The Hall–Kier alpha value is -0.370. The topological polar surface area (TPSA) is 15.6 Å². The molecule has 12 heavy (non-hydrogen) atoms. The molecule has 2 aliphatic heterocycles. The molecule has 2 heterocycles. The molecule has 0 radical (unpaired) electrons. The van der Waals surface area contributed by atoms with Crippen LogP contribution in [0.1, 0.15) is 32.1 Å². The Morgan fingerprint density at radius 1 is 1.17 bits per heavy atom. The molecular formula is C10H18N2. The van der Waals surface area contributed by atoms with Crippen LogP contribution in [0.2, 0.25) is 0 Å². The zero-order valence-electron chi connectivity index (χ0n) is 7.71. The van der Waals surface area contributed by atoms with Gasteiger partial charge in [0.05, 0.1) is 6.54 Å². The molecule has 68 valence electrons. The van der Waals surface area contributed by atoms with Crippen LogP contribution in [0.5, 0.6) is 0 Å². The lowest BCUT2D eigenvalue weighted by molar-refractivity contribution is 0.159. The Bertz CT molecular complexity index is 159. The first-order chi connectivity index (χ1) is 5.97. The van der Waals surface area contributed by atoms with Crippen molar-refractivity contribution in [2.45, 2.75) is 38.1 Å². The van der Waals surface area contributed by atoms with E-state index in [1.165, 1.54) is 45.2 Å². The lowest BCUT2D eigenvalue weighted by atomic mass is 10.0. The molecule has 2 rings (SSSR count). The van der Waals surface area contributed by atoms with E-state index in [9.17, 15) is 0 Å². The fourth-order valence-electron chi connectivity index (χ4n) is 2.23. The van der Waals surface area contributed by atoms with Gasteiger partial charge in [0.15, 0.2) is 0 Å². The molecule has 1 unspecified atom stereocenters. The second-order valence-electron chi connectivity index (χ2n) is 3.88. The molecule has 0 aromatic carbocycles. The van der Waals surface area contributed by atoms with Crippen LogP contribution in [0.25, 0.3) is 0 Å². The second kappa shape index (κ2) is 4.04. The summed E-state index contributed by atoms with van der Waals surface area (Å²) in [5, 5.41) is 0.